The van der Waals surface area contributed by atoms with Gasteiger partial charge in [-0.1, -0.05) is 0 Å². The molecule has 0 radical (unpaired) electrons. The van der Waals surface area contributed by atoms with Crippen LogP contribution in [0.5, 0.6) is 0 Å². The Balaban J connectivity index is 2.04. The molecular weight excluding hydrogens is 292 g/mol. The summed E-state index contributed by atoms with van der Waals surface area (Å²) in [7, 11) is 1.91. The van der Waals surface area contributed by atoms with Gasteiger partial charge < -0.3 is 15.3 Å². The monoisotopic (exact) mass is 316 g/mol. The Labute approximate surface area is 136 Å². The number of aromatic nitrogens is 2. The predicted octanol–water partition coefficient (Wildman–Crippen LogP) is 2.32. The van der Waals surface area contributed by atoms with Gasteiger partial charge >= 0.3 is 0 Å². The minimum absolute atomic E-state index is 0.104. The summed E-state index contributed by atoms with van der Waals surface area (Å²) in [6.07, 6.45) is 3.32. The van der Waals surface area contributed by atoms with Crippen molar-refractivity contribution in [2.45, 2.75) is 26.3 Å². The topological polar surface area (TPSA) is 70.4 Å². The van der Waals surface area contributed by atoms with Crippen molar-refractivity contribution in [3.8, 4) is 0 Å². The van der Waals surface area contributed by atoms with E-state index >= 15 is 0 Å². The number of carbonyl (C=O) groups excluding carboxylic acids is 1. The zero-order chi connectivity index (χ0) is 17.0. The van der Waals surface area contributed by atoms with E-state index in [9.17, 15) is 4.79 Å². The summed E-state index contributed by atoms with van der Waals surface area (Å²) in [6.45, 7) is 6.76. The van der Waals surface area contributed by atoms with Crippen LogP contribution in [0.15, 0.2) is 36.7 Å². The minimum Gasteiger partial charge on any atom is -0.395 e. The Morgan fingerprint density at radius 3 is 2.48 bits per heavy atom. The Morgan fingerprint density at radius 2 is 1.96 bits per heavy atom. The molecule has 2 aromatic rings. The average molecular weight is 316 g/mol. The number of hydrogen-bond donors (Lipinski definition) is 2. The van der Waals surface area contributed by atoms with Gasteiger partial charge in [0.25, 0.3) is 5.91 Å². The first kappa shape index (κ1) is 17.0. The Morgan fingerprint density at radius 1 is 1.30 bits per heavy atom. The molecule has 2 rings (SSSR count). The molecule has 1 aromatic heterocycles. The maximum absolute atomic E-state index is 12.3. The third-order valence-electron chi connectivity index (χ3n) is 3.53. The van der Waals surface area contributed by atoms with E-state index in [1.807, 2.05) is 57.0 Å². The largest absolute Gasteiger partial charge is 0.395 e. The van der Waals surface area contributed by atoms with Gasteiger partial charge in [-0.3, -0.25) is 9.48 Å². The van der Waals surface area contributed by atoms with Crippen LogP contribution in [0.2, 0.25) is 0 Å². The minimum atomic E-state index is -0.183. The van der Waals surface area contributed by atoms with Gasteiger partial charge in [0, 0.05) is 31.2 Å². The summed E-state index contributed by atoms with van der Waals surface area (Å²) in [5.74, 6) is -0.183. The summed E-state index contributed by atoms with van der Waals surface area (Å²) in [4.78, 5) is 14.2. The molecule has 0 unspecified atom stereocenters. The van der Waals surface area contributed by atoms with Crippen molar-refractivity contribution in [2.24, 2.45) is 0 Å². The van der Waals surface area contributed by atoms with Crippen molar-refractivity contribution in [3.63, 3.8) is 0 Å². The Hall–Kier alpha value is -2.34. The molecule has 0 fully saturated rings. The van der Waals surface area contributed by atoms with Crippen molar-refractivity contribution in [2.75, 3.05) is 30.4 Å². The van der Waals surface area contributed by atoms with Crippen LogP contribution in [-0.4, -0.2) is 41.0 Å². The van der Waals surface area contributed by atoms with Gasteiger partial charge in [-0.2, -0.15) is 5.10 Å². The molecular formula is C17H24N4O2. The number of likely N-dealkylation sites (N-methyl/N-ethyl adjacent to an activating group) is 1. The van der Waals surface area contributed by atoms with Gasteiger partial charge in [-0.05, 0) is 45.0 Å². The SMILES string of the molecule is CN(CCO)c1ccc(NC(=O)c2cnn(C(C)(C)C)c2)cc1. The third-order valence-corrected chi connectivity index (χ3v) is 3.53. The van der Waals surface area contributed by atoms with E-state index < -0.39 is 0 Å². The summed E-state index contributed by atoms with van der Waals surface area (Å²) in [5.41, 5.74) is 2.08. The molecule has 0 saturated carbocycles. The lowest BCUT2D eigenvalue weighted by atomic mass is 10.1. The van der Waals surface area contributed by atoms with Crippen LogP contribution >= 0.6 is 0 Å². The number of aliphatic hydroxyl groups excluding tert-OH is 1. The van der Waals surface area contributed by atoms with Crippen molar-refractivity contribution < 1.29 is 9.90 Å². The number of aliphatic hydroxyl groups is 1. The van der Waals surface area contributed by atoms with E-state index in [1.54, 1.807) is 17.1 Å². The second-order valence-electron chi connectivity index (χ2n) is 6.49. The van der Waals surface area contributed by atoms with Gasteiger partial charge in [0.15, 0.2) is 0 Å². The molecule has 6 nitrogen and oxygen atoms in total. The molecule has 0 atom stereocenters. The number of amides is 1. The fourth-order valence-electron chi connectivity index (χ4n) is 2.09. The first-order valence-corrected chi connectivity index (χ1v) is 7.60. The number of nitrogens with zero attached hydrogens (tertiary/aromatic N) is 3. The molecule has 2 N–H and O–H groups in total. The molecule has 0 spiro atoms. The number of nitrogens with one attached hydrogen (secondary N) is 1. The normalized spacial score (nSPS) is 11.3. The maximum atomic E-state index is 12.3. The summed E-state index contributed by atoms with van der Waals surface area (Å²) in [5, 5.41) is 16.0. The first-order valence-electron chi connectivity index (χ1n) is 7.60. The van der Waals surface area contributed by atoms with Gasteiger partial charge in [0.05, 0.1) is 23.9 Å². The smallest absolute Gasteiger partial charge is 0.258 e. The van der Waals surface area contributed by atoms with E-state index in [1.165, 1.54) is 0 Å². The summed E-state index contributed by atoms with van der Waals surface area (Å²) >= 11 is 0. The average Bonchev–Trinajstić information content (AvgIpc) is 2.98. The van der Waals surface area contributed by atoms with Crippen LogP contribution in [0, 0.1) is 0 Å². The molecule has 1 amide bonds. The highest BCUT2D eigenvalue weighted by atomic mass is 16.3. The van der Waals surface area contributed by atoms with Gasteiger partial charge in [0.1, 0.15) is 0 Å². The second-order valence-corrected chi connectivity index (χ2v) is 6.49. The molecule has 1 heterocycles. The number of hydrogen-bond acceptors (Lipinski definition) is 4. The van der Waals surface area contributed by atoms with E-state index in [-0.39, 0.29) is 18.1 Å². The fraction of sp³-hybridized carbons (Fsp3) is 0.412. The Kier molecular flexibility index (Phi) is 5.05. The van der Waals surface area contributed by atoms with Crippen LogP contribution in [0.1, 0.15) is 31.1 Å². The van der Waals surface area contributed by atoms with Gasteiger partial charge in [-0.25, -0.2) is 0 Å². The zero-order valence-corrected chi connectivity index (χ0v) is 14.1. The number of rotatable bonds is 5. The lowest BCUT2D eigenvalue weighted by molar-refractivity contribution is 0.102. The van der Waals surface area contributed by atoms with E-state index in [0.29, 0.717) is 12.1 Å². The molecule has 1 aromatic carbocycles. The highest BCUT2D eigenvalue weighted by Crippen LogP contribution is 2.18. The number of anilines is 2. The van der Waals surface area contributed by atoms with Crippen LogP contribution in [0.25, 0.3) is 0 Å². The first-order chi connectivity index (χ1) is 10.8. The van der Waals surface area contributed by atoms with Gasteiger partial charge in [0.2, 0.25) is 0 Å². The van der Waals surface area contributed by atoms with E-state index in [2.05, 4.69) is 10.4 Å². The van der Waals surface area contributed by atoms with Crippen molar-refractivity contribution >= 4 is 17.3 Å². The third kappa shape index (κ3) is 4.32. The van der Waals surface area contributed by atoms with Crippen molar-refractivity contribution in [3.05, 3.63) is 42.2 Å². The van der Waals surface area contributed by atoms with Crippen molar-refractivity contribution in [1.82, 2.24) is 9.78 Å². The van der Waals surface area contributed by atoms with E-state index in [0.717, 1.165) is 11.4 Å². The zero-order valence-electron chi connectivity index (χ0n) is 14.1. The number of benzene rings is 1. The molecule has 23 heavy (non-hydrogen) atoms. The second kappa shape index (κ2) is 6.83. The lowest BCUT2D eigenvalue weighted by Crippen LogP contribution is -2.22. The molecule has 6 heteroatoms. The fourth-order valence-corrected chi connectivity index (χ4v) is 2.09. The standard InChI is InChI=1S/C17H24N4O2/c1-17(2,3)21-12-13(11-18-21)16(23)19-14-5-7-15(8-6-14)20(4)9-10-22/h5-8,11-12,22H,9-10H2,1-4H3,(H,19,23). The quantitative estimate of drug-likeness (QED) is 0.888. The van der Waals surface area contributed by atoms with Crippen LogP contribution in [-0.2, 0) is 5.54 Å². The maximum Gasteiger partial charge on any atom is 0.258 e. The highest BCUT2D eigenvalue weighted by molar-refractivity contribution is 6.04. The lowest BCUT2D eigenvalue weighted by Gasteiger charge is -2.18. The van der Waals surface area contributed by atoms with Crippen LogP contribution < -0.4 is 10.2 Å². The molecule has 0 aliphatic rings. The molecule has 0 saturated heterocycles. The molecule has 0 aliphatic heterocycles. The summed E-state index contributed by atoms with van der Waals surface area (Å²) < 4.78 is 1.77. The van der Waals surface area contributed by atoms with E-state index in [4.69, 9.17) is 5.11 Å². The Bertz CT molecular complexity index is 656. The van der Waals surface area contributed by atoms with Crippen molar-refractivity contribution in [1.29, 1.82) is 0 Å². The molecule has 124 valence electrons. The predicted molar refractivity (Wildman–Crippen MR) is 92.0 cm³/mol. The van der Waals surface area contributed by atoms with Crippen LogP contribution in [0.4, 0.5) is 11.4 Å². The highest BCUT2D eigenvalue weighted by Gasteiger charge is 2.16. The molecule has 0 bridgehead atoms. The summed E-state index contributed by atoms with van der Waals surface area (Å²) in [6, 6.07) is 7.50. The van der Waals surface area contributed by atoms with Gasteiger partial charge in [-0.15, -0.1) is 0 Å². The van der Waals surface area contributed by atoms with Crippen LogP contribution in [0.3, 0.4) is 0 Å². The number of carbonyl (C=O) groups is 1. The molecule has 0 aliphatic carbocycles.